The van der Waals surface area contributed by atoms with Crippen LogP contribution in [-0.4, -0.2) is 11.0 Å². The van der Waals surface area contributed by atoms with Gasteiger partial charge in [0.2, 0.25) is 0 Å². The molecule has 0 atom stereocenters. The number of hydrogen-bond donors (Lipinski definition) is 2. The summed E-state index contributed by atoms with van der Waals surface area (Å²) in [6, 6.07) is 8.47. The van der Waals surface area contributed by atoms with Gasteiger partial charge in [-0.1, -0.05) is 17.7 Å². The number of rotatable bonds is 2. The molecule has 0 heterocycles. The first-order valence-electron chi connectivity index (χ1n) is 5.53. The zero-order valence-corrected chi connectivity index (χ0v) is 10.8. The average molecular weight is 280 g/mol. The Labute approximate surface area is 114 Å². The Kier molecular flexibility index (Phi) is 3.71. The molecule has 2 aromatic rings. The lowest BCUT2D eigenvalue weighted by Gasteiger charge is -2.08. The summed E-state index contributed by atoms with van der Waals surface area (Å²) in [6.45, 7) is 1.75. The fourth-order valence-corrected chi connectivity index (χ4v) is 1.80. The van der Waals surface area contributed by atoms with E-state index in [0.29, 0.717) is 0 Å². The summed E-state index contributed by atoms with van der Waals surface area (Å²) in [5.74, 6) is -1.19. The van der Waals surface area contributed by atoms with E-state index in [4.69, 9.17) is 11.6 Å². The summed E-state index contributed by atoms with van der Waals surface area (Å²) in [6.07, 6.45) is 0. The Morgan fingerprint density at radius 2 is 2.00 bits per heavy atom. The molecule has 0 aromatic heterocycles. The van der Waals surface area contributed by atoms with Gasteiger partial charge < -0.3 is 10.4 Å². The molecule has 19 heavy (non-hydrogen) atoms. The first-order chi connectivity index (χ1) is 8.97. The van der Waals surface area contributed by atoms with Crippen LogP contribution in [-0.2, 0) is 0 Å². The molecule has 0 aliphatic rings. The quantitative estimate of drug-likeness (QED) is 0.880. The highest BCUT2D eigenvalue weighted by atomic mass is 35.5. The molecule has 2 N–H and O–H groups in total. The predicted octanol–water partition coefficient (Wildman–Crippen LogP) is 3.75. The minimum atomic E-state index is -0.580. The molecule has 2 rings (SSSR count). The van der Waals surface area contributed by atoms with Crippen molar-refractivity contribution in [3.63, 3.8) is 0 Å². The number of aromatic hydroxyl groups is 1. The third kappa shape index (κ3) is 3.03. The van der Waals surface area contributed by atoms with Gasteiger partial charge in [0.15, 0.2) is 0 Å². The molecule has 0 fully saturated rings. The molecule has 0 bridgehead atoms. The van der Waals surface area contributed by atoms with Crippen LogP contribution in [0, 0.1) is 12.7 Å². The average Bonchev–Trinajstić information content (AvgIpc) is 2.35. The monoisotopic (exact) mass is 279 g/mol. The highest BCUT2D eigenvalue weighted by molar-refractivity contribution is 6.34. The summed E-state index contributed by atoms with van der Waals surface area (Å²) < 4.78 is 13.6. The normalized spacial score (nSPS) is 10.3. The van der Waals surface area contributed by atoms with Crippen molar-refractivity contribution >= 4 is 23.2 Å². The van der Waals surface area contributed by atoms with Crippen LogP contribution in [0.4, 0.5) is 10.1 Å². The molecular formula is C14H11ClFNO2. The summed E-state index contributed by atoms with van der Waals surface area (Å²) in [7, 11) is 0. The number of anilines is 1. The van der Waals surface area contributed by atoms with Gasteiger partial charge >= 0.3 is 0 Å². The van der Waals surface area contributed by atoms with Gasteiger partial charge in [-0.05, 0) is 42.8 Å². The van der Waals surface area contributed by atoms with Crippen molar-refractivity contribution in [3.8, 4) is 5.75 Å². The van der Waals surface area contributed by atoms with Crippen LogP contribution in [0.3, 0.4) is 0 Å². The molecule has 0 radical (unpaired) electrons. The van der Waals surface area contributed by atoms with Gasteiger partial charge in [-0.15, -0.1) is 0 Å². The molecule has 0 unspecified atom stereocenters. The second-order valence-corrected chi connectivity index (χ2v) is 4.51. The van der Waals surface area contributed by atoms with Crippen LogP contribution in [0.15, 0.2) is 36.4 Å². The van der Waals surface area contributed by atoms with E-state index in [1.165, 1.54) is 30.3 Å². The molecule has 98 valence electrons. The maximum absolute atomic E-state index is 13.6. The second kappa shape index (κ2) is 5.28. The number of phenols is 1. The van der Waals surface area contributed by atoms with Gasteiger partial charge in [0, 0.05) is 0 Å². The Morgan fingerprint density at radius 1 is 1.26 bits per heavy atom. The van der Waals surface area contributed by atoms with E-state index in [0.717, 1.165) is 5.56 Å². The Balaban J connectivity index is 2.28. The third-order valence-corrected chi connectivity index (χ3v) is 2.90. The standard InChI is InChI=1S/C14H11ClFNO2/c1-8-2-5-13(12(16)6-8)17-14(19)10-7-9(18)3-4-11(10)15/h2-7,18H,1H3,(H,17,19). The van der Waals surface area contributed by atoms with Crippen LogP contribution >= 0.6 is 11.6 Å². The lowest BCUT2D eigenvalue weighted by atomic mass is 10.1. The van der Waals surface area contributed by atoms with E-state index < -0.39 is 11.7 Å². The fourth-order valence-electron chi connectivity index (χ4n) is 1.60. The minimum absolute atomic E-state index is 0.0648. The van der Waals surface area contributed by atoms with Gasteiger partial charge in [0.05, 0.1) is 16.3 Å². The number of nitrogens with one attached hydrogen (secondary N) is 1. The molecule has 0 spiro atoms. The topological polar surface area (TPSA) is 49.3 Å². The second-order valence-electron chi connectivity index (χ2n) is 4.10. The number of halogens is 2. The fraction of sp³-hybridized carbons (Fsp3) is 0.0714. The van der Waals surface area contributed by atoms with Crippen molar-refractivity contribution in [1.82, 2.24) is 0 Å². The lowest BCUT2D eigenvalue weighted by molar-refractivity contribution is 0.102. The van der Waals surface area contributed by atoms with E-state index in [2.05, 4.69) is 5.32 Å². The smallest absolute Gasteiger partial charge is 0.257 e. The SMILES string of the molecule is Cc1ccc(NC(=O)c2cc(O)ccc2Cl)c(F)c1. The van der Waals surface area contributed by atoms with E-state index in [9.17, 15) is 14.3 Å². The molecular weight excluding hydrogens is 269 g/mol. The molecule has 2 aromatic carbocycles. The van der Waals surface area contributed by atoms with Gasteiger partial charge in [-0.2, -0.15) is 0 Å². The molecule has 0 aliphatic carbocycles. The van der Waals surface area contributed by atoms with Crippen molar-refractivity contribution in [2.24, 2.45) is 0 Å². The van der Waals surface area contributed by atoms with Crippen LogP contribution < -0.4 is 5.32 Å². The summed E-state index contributed by atoms with van der Waals surface area (Å²) >= 11 is 5.86. The largest absolute Gasteiger partial charge is 0.508 e. The Hall–Kier alpha value is -2.07. The van der Waals surface area contributed by atoms with Crippen molar-refractivity contribution in [2.75, 3.05) is 5.32 Å². The van der Waals surface area contributed by atoms with E-state index in [1.807, 2.05) is 0 Å². The minimum Gasteiger partial charge on any atom is -0.508 e. The van der Waals surface area contributed by atoms with Crippen LogP contribution in [0.5, 0.6) is 5.75 Å². The number of carbonyl (C=O) groups is 1. The van der Waals surface area contributed by atoms with Crippen LogP contribution in [0.25, 0.3) is 0 Å². The molecule has 0 saturated heterocycles. The zero-order chi connectivity index (χ0) is 14.0. The number of carbonyl (C=O) groups excluding carboxylic acids is 1. The molecule has 3 nitrogen and oxygen atoms in total. The van der Waals surface area contributed by atoms with Crippen molar-refractivity contribution in [3.05, 3.63) is 58.4 Å². The zero-order valence-electron chi connectivity index (χ0n) is 10.1. The van der Waals surface area contributed by atoms with Crippen LogP contribution in [0.1, 0.15) is 15.9 Å². The van der Waals surface area contributed by atoms with E-state index in [-0.39, 0.29) is 22.0 Å². The number of benzene rings is 2. The van der Waals surface area contributed by atoms with Crippen LogP contribution in [0.2, 0.25) is 5.02 Å². The van der Waals surface area contributed by atoms with E-state index in [1.54, 1.807) is 13.0 Å². The van der Waals surface area contributed by atoms with Gasteiger partial charge in [0.1, 0.15) is 11.6 Å². The highest BCUT2D eigenvalue weighted by Gasteiger charge is 2.13. The maximum atomic E-state index is 13.6. The highest BCUT2D eigenvalue weighted by Crippen LogP contribution is 2.23. The summed E-state index contributed by atoms with van der Waals surface area (Å²) in [4.78, 5) is 12.0. The van der Waals surface area contributed by atoms with Crippen molar-refractivity contribution in [2.45, 2.75) is 6.92 Å². The summed E-state index contributed by atoms with van der Waals surface area (Å²) in [5.41, 5.74) is 0.905. The number of phenolic OH excluding ortho intramolecular Hbond substituents is 1. The number of aryl methyl sites for hydroxylation is 1. The van der Waals surface area contributed by atoms with Gasteiger partial charge in [0.25, 0.3) is 5.91 Å². The molecule has 1 amide bonds. The van der Waals surface area contributed by atoms with Gasteiger partial charge in [-0.25, -0.2) is 4.39 Å². The first-order valence-corrected chi connectivity index (χ1v) is 5.91. The Morgan fingerprint density at radius 3 is 2.68 bits per heavy atom. The Bertz CT molecular complexity index is 643. The molecule has 5 heteroatoms. The summed E-state index contributed by atoms with van der Waals surface area (Å²) in [5, 5.41) is 11.9. The third-order valence-electron chi connectivity index (χ3n) is 2.57. The van der Waals surface area contributed by atoms with E-state index >= 15 is 0 Å². The van der Waals surface area contributed by atoms with Crippen molar-refractivity contribution in [1.29, 1.82) is 0 Å². The lowest BCUT2D eigenvalue weighted by Crippen LogP contribution is -2.13. The number of hydrogen-bond acceptors (Lipinski definition) is 2. The first kappa shape index (κ1) is 13.4. The number of amides is 1. The molecule has 0 saturated carbocycles. The molecule has 0 aliphatic heterocycles. The predicted molar refractivity (Wildman–Crippen MR) is 72.2 cm³/mol. The maximum Gasteiger partial charge on any atom is 0.257 e. The van der Waals surface area contributed by atoms with Gasteiger partial charge in [-0.3, -0.25) is 4.79 Å². The van der Waals surface area contributed by atoms with Crippen molar-refractivity contribution < 1.29 is 14.3 Å².